The summed E-state index contributed by atoms with van der Waals surface area (Å²) in [5.74, 6) is 0. The van der Waals surface area contributed by atoms with Gasteiger partial charge < -0.3 is 0 Å². The van der Waals surface area contributed by atoms with Crippen LogP contribution < -0.4 is 0 Å². The average molecular weight is 161 g/mol. The molecule has 0 aromatic rings. The zero-order valence-corrected chi connectivity index (χ0v) is 7.64. The molecule has 64 valence electrons. The Morgan fingerprint density at radius 2 is 2.17 bits per heavy atom. The Kier molecular flexibility index (Phi) is 3.03. The highest BCUT2D eigenvalue weighted by Gasteiger charge is 2.12. The van der Waals surface area contributed by atoms with Gasteiger partial charge >= 0.3 is 0 Å². The number of aliphatic imine (C=N–C) groups is 1. The van der Waals surface area contributed by atoms with Crippen LogP contribution >= 0.6 is 0 Å². The van der Waals surface area contributed by atoms with Crippen molar-refractivity contribution in [3.05, 3.63) is 36.1 Å². The van der Waals surface area contributed by atoms with Gasteiger partial charge in [-0.1, -0.05) is 19.2 Å². The van der Waals surface area contributed by atoms with Crippen molar-refractivity contribution in [2.75, 3.05) is 0 Å². The number of hydrogen-bond acceptors (Lipinski definition) is 1. The molecule has 12 heavy (non-hydrogen) atoms. The van der Waals surface area contributed by atoms with Crippen LogP contribution in [0, 0.1) is 0 Å². The van der Waals surface area contributed by atoms with Crippen molar-refractivity contribution < 1.29 is 0 Å². The van der Waals surface area contributed by atoms with Crippen molar-refractivity contribution in [3.63, 3.8) is 0 Å². The summed E-state index contributed by atoms with van der Waals surface area (Å²) in [6.45, 7) is 9.70. The summed E-state index contributed by atoms with van der Waals surface area (Å²) in [6.07, 6.45) is 7.06. The molecule has 0 aliphatic heterocycles. The zero-order valence-electron chi connectivity index (χ0n) is 7.64. The van der Waals surface area contributed by atoms with Crippen LogP contribution in [-0.4, -0.2) is 6.21 Å². The van der Waals surface area contributed by atoms with E-state index in [2.05, 4.69) is 18.2 Å². The predicted octanol–water partition coefficient (Wildman–Crippen LogP) is 3.26. The normalized spacial score (nSPS) is 18.9. The van der Waals surface area contributed by atoms with Crippen LogP contribution in [0.25, 0.3) is 0 Å². The molecule has 0 unspecified atom stereocenters. The van der Waals surface area contributed by atoms with Gasteiger partial charge in [0.2, 0.25) is 0 Å². The van der Waals surface area contributed by atoms with E-state index in [1.54, 1.807) is 0 Å². The fourth-order valence-corrected chi connectivity index (χ4v) is 1.46. The lowest BCUT2D eigenvalue weighted by atomic mass is 9.93. The maximum Gasteiger partial charge on any atom is 0.0683 e. The SMILES string of the molecule is C=CC1=C(N=CC)C(=C)CCC1. The van der Waals surface area contributed by atoms with Gasteiger partial charge in [0.05, 0.1) is 5.70 Å². The van der Waals surface area contributed by atoms with Crippen molar-refractivity contribution in [2.24, 2.45) is 4.99 Å². The zero-order chi connectivity index (χ0) is 8.97. The van der Waals surface area contributed by atoms with E-state index in [1.807, 2.05) is 19.2 Å². The Hall–Kier alpha value is -1.11. The third-order valence-electron chi connectivity index (χ3n) is 2.07. The standard InChI is InChI=1S/C11H15N/c1-4-10-8-6-7-9(3)11(10)12-5-2/h4-5H,1,3,6-8H2,2H3. The maximum atomic E-state index is 4.30. The minimum absolute atomic E-state index is 1.05. The molecule has 1 heteroatoms. The van der Waals surface area contributed by atoms with Gasteiger partial charge in [0.1, 0.15) is 0 Å². The van der Waals surface area contributed by atoms with Gasteiger partial charge in [0.25, 0.3) is 0 Å². The number of rotatable bonds is 2. The summed E-state index contributed by atoms with van der Waals surface area (Å²) in [6, 6.07) is 0. The first-order chi connectivity index (χ1) is 5.79. The van der Waals surface area contributed by atoms with Crippen molar-refractivity contribution in [1.82, 2.24) is 0 Å². The van der Waals surface area contributed by atoms with E-state index in [0.717, 1.165) is 24.1 Å². The molecule has 1 nitrogen and oxygen atoms in total. The molecule has 1 aliphatic carbocycles. The van der Waals surface area contributed by atoms with E-state index in [1.165, 1.54) is 12.0 Å². The fraction of sp³-hybridized carbons (Fsp3) is 0.364. The van der Waals surface area contributed by atoms with E-state index in [0.29, 0.717) is 0 Å². The molecule has 1 aliphatic rings. The van der Waals surface area contributed by atoms with Crippen molar-refractivity contribution in [1.29, 1.82) is 0 Å². The summed E-state index contributed by atoms with van der Waals surface area (Å²) < 4.78 is 0. The van der Waals surface area contributed by atoms with Crippen molar-refractivity contribution in [2.45, 2.75) is 26.2 Å². The molecule has 1 rings (SSSR count). The van der Waals surface area contributed by atoms with E-state index in [4.69, 9.17) is 0 Å². The molecule has 0 heterocycles. The second kappa shape index (κ2) is 4.05. The van der Waals surface area contributed by atoms with Crippen LogP contribution in [-0.2, 0) is 0 Å². The molecule has 0 radical (unpaired) electrons. The van der Waals surface area contributed by atoms with Crippen molar-refractivity contribution in [3.8, 4) is 0 Å². The van der Waals surface area contributed by atoms with Crippen molar-refractivity contribution >= 4 is 6.21 Å². The first kappa shape index (κ1) is 8.98. The van der Waals surface area contributed by atoms with Crippen LogP contribution in [0.2, 0.25) is 0 Å². The van der Waals surface area contributed by atoms with Crippen LogP contribution in [0.3, 0.4) is 0 Å². The Morgan fingerprint density at radius 1 is 1.42 bits per heavy atom. The number of hydrogen-bond donors (Lipinski definition) is 0. The van der Waals surface area contributed by atoms with Gasteiger partial charge in [-0.2, -0.15) is 0 Å². The molecule has 0 saturated heterocycles. The first-order valence-electron chi connectivity index (χ1n) is 4.32. The topological polar surface area (TPSA) is 12.4 Å². The lowest BCUT2D eigenvalue weighted by Gasteiger charge is -2.16. The lowest BCUT2D eigenvalue weighted by Crippen LogP contribution is -1.99. The minimum atomic E-state index is 1.05. The Labute approximate surface area is 74.2 Å². The van der Waals surface area contributed by atoms with Crippen LogP contribution in [0.1, 0.15) is 26.2 Å². The van der Waals surface area contributed by atoms with Crippen LogP contribution in [0.15, 0.2) is 41.1 Å². The first-order valence-corrected chi connectivity index (χ1v) is 4.32. The van der Waals surface area contributed by atoms with E-state index in [-0.39, 0.29) is 0 Å². The Bertz CT molecular complexity index is 256. The van der Waals surface area contributed by atoms with Crippen LogP contribution in [0.4, 0.5) is 0 Å². The molecular weight excluding hydrogens is 146 g/mol. The van der Waals surface area contributed by atoms with Gasteiger partial charge in [-0.3, -0.25) is 4.99 Å². The largest absolute Gasteiger partial charge is 0.261 e. The molecule has 0 spiro atoms. The molecule has 0 N–H and O–H groups in total. The van der Waals surface area contributed by atoms with E-state index < -0.39 is 0 Å². The summed E-state index contributed by atoms with van der Waals surface area (Å²) in [4.78, 5) is 4.30. The monoisotopic (exact) mass is 161 g/mol. The Balaban J connectivity index is 3.03. The van der Waals surface area contributed by atoms with Gasteiger partial charge in [0, 0.05) is 6.21 Å². The van der Waals surface area contributed by atoms with Crippen LogP contribution in [0.5, 0.6) is 0 Å². The fourth-order valence-electron chi connectivity index (χ4n) is 1.46. The molecule has 0 aromatic heterocycles. The molecule has 0 bridgehead atoms. The highest BCUT2D eigenvalue weighted by molar-refractivity contribution is 5.58. The summed E-state index contributed by atoms with van der Waals surface area (Å²) in [5.41, 5.74) is 3.44. The third-order valence-corrected chi connectivity index (χ3v) is 2.07. The maximum absolute atomic E-state index is 4.30. The lowest BCUT2D eigenvalue weighted by molar-refractivity contribution is 0.776. The number of allylic oxidation sites excluding steroid dienone is 3. The van der Waals surface area contributed by atoms with Gasteiger partial charge in [0.15, 0.2) is 0 Å². The molecule has 0 amide bonds. The summed E-state index contributed by atoms with van der Waals surface area (Å²) >= 11 is 0. The quantitative estimate of drug-likeness (QED) is 0.551. The minimum Gasteiger partial charge on any atom is -0.261 e. The molecule has 0 fully saturated rings. The highest BCUT2D eigenvalue weighted by atomic mass is 14.7. The number of nitrogens with zero attached hydrogens (tertiary/aromatic N) is 1. The predicted molar refractivity (Wildman–Crippen MR) is 54.4 cm³/mol. The molecule has 0 aromatic carbocycles. The van der Waals surface area contributed by atoms with Gasteiger partial charge in [-0.25, -0.2) is 0 Å². The summed E-state index contributed by atoms with van der Waals surface area (Å²) in [5, 5.41) is 0. The second-order valence-electron chi connectivity index (χ2n) is 2.92. The van der Waals surface area contributed by atoms with Gasteiger partial charge in [-0.15, -0.1) is 0 Å². The molecule has 0 atom stereocenters. The van der Waals surface area contributed by atoms with Gasteiger partial charge in [-0.05, 0) is 37.3 Å². The molecule has 0 saturated carbocycles. The smallest absolute Gasteiger partial charge is 0.0683 e. The second-order valence-corrected chi connectivity index (χ2v) is 2.92. The Morgan fingerprint density at radius 3 is 2.75 bits per heavy atom. The van der Waals surface area contributed by atoms with E-state index >= 15 is 0 Å². The molecular formula is C11H15N. The highest BCUT2D eigenvalue weighted by Crippen LogP contribution is 2.29. The average Bonchev–Trinajstić information content (AvgIpc) is 2.09. The third kappa shape index (κ3) is 1.73. The van der Waals surface area contributed by atoms with E-state index in [9.17, 15) is 0 Å². The summed E-state index contributed by atoms with van der Waals surface area (Å²) in [7, 11) is 0.